The lowest BCUT2D eigenvalue weighted by Crippen LogP contribution is -2.51. The predicted molar refractivity (Wildman–Crippen MR) is 98.1 cm³/mol. The van der Waals surface area contributed by atoms with Crippen LogP contribution in [0.25, 0.3) is 0 Å². The van der Waals surface area contributed by atoms with Crippen molar-refractivity contribution in [3.05, 3.63) is 58.4 Å². The first-order valence-corrected chi connectivity index (χ1v) is 9.08. The maximum absolute atomic E-state index is 13.3. The third-order valence-corrected chi connectivity index (χ3v) is 5.85. The maximum atomic E-state index is 13.3. The van der Waals surface area contributed by atoms with Crippen LogP contribution in [0.4, 0.5) is 0 Å². The molecule has 1 N–H and O–H groups in total. The van der Waals surface area contributed by atoms with E-state index in [1.54, 1.807) is 0 Å². The van der Waals surface area contributed by atoms with E-state index in [0.717, 1.165) is 29.7 Å². The zero-order valence-corrected chi connectivity index (χ0v) is 15.4. The summed E-state index contributed by atoms with van der Waals surface area (Å²) in [5.41, 5.74) is 5.06. The molecule has 1 unspecified atom stereocenters. The molecule has 25 heavy (non-hydrogen) atoms. The molecule has 0 radical (unpaired) electrons. The van der Waals surface area contributed by atoms with Crippen LogP contribution in [0.5, 0.6) is 0 Å². The molecule has 2 aliphatic heterocycles. The Labute approximate surface area is 149 Å². The molecule has 0 aromatic heterocycles. The molecule has 0 saturated heterocycles. The minimum atomic E-state index is -0.421. The summed E-state index contributed by atoms with van der Waals surface area (Å²) in [6.07, 6.45) is 4.00. The van der Waals surface area contributed by atoms with Gasteiger partial charge in [0, 0.05) is 23.3 Å². The van der Waals surface area contributed by atoms with Crippen LogP contribution in [-0.4, -0.2) is 11.9 Å². The van der Waals surface area contributed by atoms with E-state index in [0.29, 0.717) is 6.42 Å². The van der Waals surface area contributed by atoms with Crippen molar-refractivity contribution >= 4 is 5.78 Å². The third-order valence-electron chi connectivity index (χ3n) is 5.85. The second-order valence-corrected chi connectivity index (χ2v) is 8.28. The van der Waals surface area contributed by atoms with Gasteiger partial charge in [0.15, 0.2) is 11.9 Å². The van der Waals surface area contributed by atoms with E-state index in [1.165, 1.54) is 11.1 Å². The quantitative estimate of drug-likeness (QED) is 0.861. The zero-order chi connectivity index (χ0) is 17.8. The molecule has 0 amide bonds. The van der Waals surface area contributed by atoms with Gasteiger partial charge in [-0.1, -0.05) is 50.6 Å². The van der Waals surface area contributed by atoms with Crippen molar-refractivity contribution in [2.45, 2.75) is 58.5 Å². The Balaban J connectivity index is 1.98. The molecule has 4 nitrogen and oxygen atoms in total. The van der Waals surface area contributed by atoms with E-state index in [-0.39, 0.29) is 17.4 Å². The average Bonchev–Trinajstić information content (AvgIpc) is 3.01. The number of ketones is 1. The number of nitrogens with zero attached hydrogens (tertiary/aromatic N) is 2. The van der Waals surface area contributed by atoms with Crippen molar-refractivity contribution in [1.82, 2.24) is 5.32 Å². The van der Waals surface area contributed by atoms with E-state index in [9.17, 15) is 4.79 Å². The molecule has 1 aliphatic carbocycles. The van der Waals surface area contributed by atoms with Crippen LogP contribution in [0.2, 0.25) is 0 Å². The van der Waals surface area contributed by atoms with Gasteiger partial charge in [-0.25, -0.2) is 0 Å². The SMILES string of the molecule is CC[C@@]1(c2ccc(C)cc2)C2=CN=NC2NC2=C1C(=O)CC(C)(C)C2. The summed E-state index contributed by atoms with van der Waals surface area (Å²) in [7, 11) is 0. The molecule has 4 rings (SSSR count). The van der Waals surface area contributed by atoms with Crippen LogP contribution in [0, 0.1) is 12.3 Å². The summed E-state index contributed by atoms with van der Waals surface area (Å²) in [4.78, 5) is 13.3. The van der Waals surface area contributed by atoms with Gasteiger partial charge in [0.2, 0.25) is 0 Å². The number of hydrogen-bond donors (Lipinski definition) is 1. The number of allylic oxidation sites excluding steroid dienone is 2. The number of aryl methyl sites for hydroxylation is 1. The van der Waals surface area contributed by atoms with E-state index in [2.05, 4.69) is 67.5 Å². The van der Waals surface area contributed by atoms with Gasteiger partial charge in [0.1, 0.15) is 0 Å². The van der Waals surface area contributed by atoms with Crippen LogP contribution >= 0.6 is 0 Å². The Kier molecular flexibility index (Phi) is 3.50. The molecule has 1 aromatic carbocycles. The summed E-state index contributed by atoms with van der Waals surface area (Å²) in [5.74, 6) is 0.257. The van der Waals surface area contributed by atoms with Crippen molar-refractivity contribution in [1.29, 1.82) is 0 Å². The first-order valence-electron chi connectivity index (χ1n) is 9.08. The Morgan fingerprint density at radius 3 is 2.60 bits per heavy atom. The van der Waals surface area contributed by atoms with Crippen LogP contribution in [0.15, 0.2) is 57.5 Å². The molecular formula is C21H25N3O. The van der Waals surface area contributed by atoms with Crippen molar-refractivity contribution < 1.29 is 4.79 Å². The highest BCUT2D eigenvalue weighted by atomic mass is 16.1. The first kappa shape index (κ1) is 16.2. The first-order chi connectivity index (χ1) is 11.9. The van der Waals surface area contributed by atoms with E-state index >= 15 is 0 Å². The van der Waals surface area contributed by atoms with Crippen LogP contribution in [-0.2, 0) is 10.2 Å². The molecule has 130 valence electrons. The van der Waals surface area contributed by atoms with Crippen LogP contribution in [0.1, 0.15) is 51.2 Å². The van der Waals surface area contributed by atoms with Crippen molar-refractivity contribution in [2.24, 2.45) is 15.6 Å². The number of fused-ring (bicyclic) bond motifs is 1. The number of nitrogens with one attached hydrogen (secondary N) is 1. The fourth-order valence-corrected chi connectivity index (χ4v) is 4.73. The Bertz CT molecular complexity index is 829. The van der Waals surface area contributed by atoms with Gasteiger partial charge >= 0.3 is 0 Å². The lowest BCUT2D eigenvalue weighted by atomic mass is 9.59. The molecular weight excluding hydrogens is 310 g/mol. The molecule has 3 aliphatic rings. The number of benzene rings is 1. The highest BCUT2D eigenvalue weighted by Crippen LogP contribution is 2.53. The summed E-state index contributed by atoms with van der Waals surface area (Å²) < 4.78 is 0. The number of carbonyl (C=O) groups excluding carboxylic acids is 1. The number of azo groups is 1. The Morgan fingerprint density at radius 2 is 1.92 bits per heavy atom. The third kappa shape index (κ3) is 2.30. The smallest absolute Gasteiger partial charge is 0.164 e. The lowest BCUT2D eigenvalue weighted by Gasteiger charge is -2.47. The normalized spacial score (nSPS) is 29.8. The van der Waals surface area contributed by atoms with E-state index in [1.807, 2.05) is 6.20 Å². The molecule has 0 bridgehead atoms. The zero-order valence-electron chi connectivity index (χ0n) is 15.4. The summed E-state index contributed by atoms with van der Waals surface area (Å²) in [5, 5.41) is 12.1. The molecule has 2 atom stereocenters. The highest BCUT2D eigenvalue weighted by molar-refractivity contribution is 6.01. The average molecular weight is 335 g/mol. The van der Waals surface area contributed by atoms with Gasteiger partial charge < -0.3 is 5.32 Å². The Hall–Kier alpha value is -2.23. The molecule has 1 aromatic rings. The van der Waals surface area contributed by atoms with Crippen molar-refractivity contribution in [3.63, 3.8) is 0 Å². The fraction of sp³-hybridized carbons (Fsp3) is 0.476. The maximum Gasteiger partial charge on any atom is 0.164 e. The summed E-state index contributed by atoms with van der Waals surface area (Å²) in [6.45, 7) is 8.58. The minimum Gasteiger partial charge on any atom is -0.362 e. The summed E-state index contributed by atoms with van der Waals surface area (Å²) >= 11 is 0. The molecule has 0 fully saturated rings. The molecule has 0 spiro atoms. The second-order valence-electron chi connectivity index (χ2n) is 8.28. The number of rotatable bonds is 2. The molecule has 0 saturated carbocycles. The van der Waals surface area contributed by atoms with E-state index in [4.69, 9.17) is 0 Å². The number of hydrogen-bond acceptors (Lipinski definition) is 4. The van der Waals surface area contributed by atoms with Gasteiger partial charge in [0.25, 0.3) is 0 Å². The van der Waals surface area contributed by atoms with Gasteiger partial charge in [-0.15, -0.1) is 0 Å². The van der Waals surface area contributed by atoms with Crippen LogP contribution in [0.3, 0.4) is 0 Å². The molecule has 2 heterocycles. The van der Waals surface area contributed by atoms with Crippen LogP contribution < -0.4 is 5.32 Å². The monoisotopic (exact) mass is 335 g/mol. The second kappa shape index (κ2) is 5.38. The standard InChI is InChI=1S/C21H25N3O/c1-5-21(14-8-6-13(2)7-9-14)15-12-22-24-19(15)23-16-10-20(3,4)11-17(25)18(16)21/h6-9,12,19,23H,5,10-11H2,1-4H3/t19?,21-/m1/s1. The predicted octanol–water partition coefficient (Wildman–Crippen LogP) is 4.57. The topological polar surface area (TPSA) is 53.8 Å². The van der Waals surface area contributed by atoms with Crippen molar-refractivity contribution in [3.8, 4) is 0 Å². The lowest BCUT2D eigenvalue weighted by molar-refractivity contribution is -0.119. The minimum absolute atomic E-state index is 0.0212. The van der Waals surface area contributed by atoms with Crippen molar-refractivity contribution in [2.75, 3.05) is 0 Å². The van der Waals surface area contributed by atoms with Gasteiger partial charge in [-0.3, -0.25) is 4.79 Å². The number of carbonyl (C=O) groups is 1. The van der Waals surface area contributed by atoms with Gasteiger partial charge in [0.05, 0.1) is 11.6 Å². The van der Waals surface area contributed by atoms with Gasteiger partial charge in [-0.2, -0.15) is 10.2 Å². The van der Waals surface area contributed by atoms with Gasteiger partial charge in [-0.05, 0) is 30.7 Å². The summed E-state index contributed by atoms with van der Waals surface area (Å²) in [6, 6.07) is 8.59. The molecule has 4 heteroatoms. The number of Topliss-reactive ketones (excluding diaryl/α,β-unsaturated/α-hetero) is 1. The largest absolute Gasteiger partial charge is 0.362 e. The fourth-order valence-electron chi connectivity index (χ4n) is 4.73. The highest BCUT2D eigenvalue weighted by Gasteiger charge is 2.52. The van der Waals surface area contributed by atoms with E-state index < -0.39 is 5.41 Å². The Morgan fingerprint density at radius 1 is 1.20 bits per heavy atom.